The maximum Gasteiger partial charge on any atom is 0.242 e. The van der Waals surface area contributed by atoms with E-state index < -0.39 is 5.60 Å². The standard InChI is InChI=1S/C24H19NO3/c26-17-24(19-10-3-1-4-11-19,20-12-5-2-6-13-20)28-25-23-21-14-8-7-9-18(21)15-16-22(23)27/h1-15,17,21H,16H2/b25-23+. The van der Waals surface area contributed by atoms with Gasteiger partial charge in [0.05, 0.1) is 5.92 Å². The lowest BCUT2D eigenvalue weighted by Gasteiger charge is -2.28. The Morgan fingerprint density at radius 1 is 0.964 bits per heavy atom. The number of Topliss-reactive ketones (excluding diaryl/α,β-unsaturated/α-hetero) is 1. The van der Waals surface area contributed by atoms with E-state index in [-0.39, 0.29) is 18.1 Å². The molecule has 2 aromatic carbocycles. The lowest BCUT2D eigenvalue weighted by atomic mass is 9.82. The third kappa shape index (κ3) is 3.14. The molecule has 2 aromatic rings. The largest absolute Gasteiger partial charge is 0.371 e. The van der Waals surface area contributed by atoms with E-state index in [0.717, 1.165) is 11.9 Å². The van der Waals surface area contributed by atoms with Crippen molar-refractivity contribution in [3.8, 4) is 0 Å². The Balaban J connectivity index is 1.79. The molecule has 0 heterocycles. The molecule has 0 saturated heterocycles. The number of oxime groups is 1. The molecule has 0 saturated carbocycles. The van der Waals surface area contributed by atoms with Gasteiger partial charge in [0.1, 0.15) is 5.71 Å². The van der Waals surface area contributed by atoms with Crippen LogP contribution in [0.2, 0.25) is 0 Å². The Kier molecular flexibility index (Phi) is 4.85. The molecule has 4 rings (SSSR count). The van der Waals surface area contributed by atoms with Crippen LogP contribution in [0.1, 0.15) is 17.5 Å². The normalized spacial score (nSPS) is 19.9. The summed E-state index contributed by atoms with van der Waals surface area (Å²) < 4.78 is 0. The monoisotopic (exact) mass is 369 g/mol. The van der Waals surface area contributed by atoms with Crippen molar-refractivity contribution in [3.05, 3.63) is 108 Å². The maximum absolute atomic E-state index is 12.5. The molecule has 4 heteroatoms. The predicted molar refractivity (Wildman–Crippen MR) is 108 cm³/mol. The Bertz CT molecular complexity index is 961. The molecule has 0 bridgehead atoms. The van der Waals surface area contributed by atoms with E-state index >= 15 is 0 Å². The van der Waals surface area contributed by atoms with Crippen molar-refractivity contribution in [2.75, 3.05) is 0 Å². The van der Waals surface area contributed by atoms with E-state index in [1.54, 1.807) is 0 Å². The van der Waals surface area contributed by atoms with Crippen molar-refractivity contribution in [1.82, 2.24) is 0 Å². The van der Waals surface area contributed by atoms with Crippen molar-refractivity contribution in [2.24, 2.45) is 11.1 Å². The number of ketones is 1. The van der Waals surface area contributed by atoms with Crippen LogP contribution in [0.4, 0.5) is 0 Å². The summed E-state index contributed by atoms with van der Waals surface area (Å²) in [4.78, 5) is 30.8. The molecule has 0 spiro atoms. The van der Waals surface area contributed by atoms with Crippen LogP contribution >= 0.6 is 0 Å². The minimum absolute atomic E-state index is 0.102. The van der Waals surface area contributed by atoms with E-state index in [1.807, 2.05) is 91.0 Å². The minimum Gasteiger partial charge on any atom is -0.371 e. The predicted octanol–water partition coefficient (Wildman–Crippen LogP) is 4.14. The first-order valence-electron chi connectivity index (χ1n) is 9.16. The zero-order valence-corrected chi connectivity index (χ0v) is 15.2. The summed E-state index contributed by atoms with van der Waals surface area (Å²) in [7, 11) is 0. The average molecular weight is 369 g/mol. The summed E-state index contributed by atoms with van der Waals surface area (Å²) in [6.07, 6.45) is 10.6. The van der Waals surface area contributed by atoms with Crippen LogP contribution in [0.15, 0.2) is 102 Å². The number of aldehydes is 1. The number of hydrogen-bond donors (Lipinski definition) is 0. The van der Waals surface area contributed by atoms with Crippen LogP contribution in [-0.2, 0) is 20.0 Å². The van der Waals surface area contributed by atoms with Gasteiger partial charge >= 0.3 is 0 Å². The molecule has 0 aliphatic heterocycles. The summed E-state index contributed by atoms with van der Waals surface area (Å²) >= 11 is 0. The minimum atomic E-state index is -1.43. The molecule has 1 unspecified atom stereocenters. The van der Waals surface area contributed by atoms with Gasteiger partial charge in [0.2, 0.25) is 5.60 Å². The highest BCUT2D eigenvalue weighted by atomic mass is 16.7. The highest BCUT2D eigenvalue weighted by Gasteiger charge is 2.38. The fourth-order valence-electron chi connectivity index (χ4n) is 3.52. The van der Waals surface area contributed by atoms with E-state index in [0.29, 0.717) is 16.8 Å². The molecule has 2 aliphatic carbocycles. The molecule has 0 N–H and O–H groups in total. The highest BCUT2D eigenvalue weighted by molar-refractivity contribution is 6.42. The van der Waals surface area contributed by atoms with Crippen LogP contribution < -0.4 is 0 Å². The number of fused-ring (bicyclic) bond motifs is 1. The number of carbonyl (C=O) groups is 2. The molecule has 0 fully saturated rings. The third-order valence-corrected chi connectivity index (χ3v) is 5.03. The average Bonchev–Trinajstić information content (AvgIpc) is 2.77. The van der Waals surface area contributed by atoms with Gasteiger partial charge in [-0.1, -0.05) is 96.2 Å². The number of carbonyl (C=O) groups excluding carboxylic acids is 2. The molecule has 138 valence electrons. The zero-order chi connectivity index (χ0) is 19.4. The van der Waals surface area contributed by atoms with Crippen LogP contribution in [0, 0.1) is 5.92 Å². The van der Waals surface area contributed by atoms with Crippen molar-refractivity contribution in [1.29, 1.82) is 0 Å². The summed E-state index contributed by atoms with van der Waals surface area (Å²) in [5.74, 6) is -0.350. The lowest BCUT2D eigenvalue weighted by molar-refractivity contribution is -0.127. The van der Waals surface area contributed by atoms with E-state index in [2.05, 4.69) is 5.16 Å². The third-order valence-electron chi connectivity index (χ3n) is 5.03. The second-order valence-corrected chi connectivity index (χ2v) is 6.71. The summed E-state index contributed by atoms with van der Waals surface area (Å²) in [6, 6.07) is 18.4. The Hall–Kier alpha value is -3.53. The quantitative estimate of drug-likeness (QED) is 0.588. The van der Waals surface area contributed by atoms with Gasteiger partial charge in [-0.25, -0.2) is 0 Å². The summed E-state index contributed by atoms with van der Waals surface area (Å²) in [5, 5.41) is 4.25. The van der Waals surface area contributed by atoms with Crippen molar-refractivity contribution >= 4 is 17.8 Å². The Morgan fingerprint density at radius 2 is 1.61 bits per heavy atom. The van der Waals surface area contributed by atoms with Gasteiger partial charge < -0.3 is 4.84 Å². The number of hydrogen-bond acceptors (Lipinski definition) is 4. The molecule has 1 atom stereocenters. The summed E-state index contributed by atoms with van der Waals surface area (Å²) in [5.41, 5.74) is 1.21. The maximum atomic E-state index is 12.5. The number of nitrogens with zero attached hydrogens (tertiary/aromatic N) is 1. The van der Waals surface area contributed by atoms with Crippen LogP contribution in [0.5, 0.6) is 0 Å². The van der Waals surface area contributed by atoms with Crippen molar-refractivity contribution in [3.63, 3.8) is 0 Å². The Labute approximate surface area is 163 Å². The molecular weight excluding hydrogens is 350 g/mol. The number of benzene rings is 2. The van der Waals surface area contributed by atoms with Gasteiger partial charge in [0, 0.05) is 17.5 Å². The SMILES string of the molecule is O=CC(O/N=C1/C(=O)CC=C2C=CC=CC21)(c1ccccc1)c1ccccc1. The van der Waals surface area contributed by atoms with Gasteiger partial charge in [0.25, 0.3) is 0 Å². The molecule has 0 amide bonds. The second-order valence-electron chi connectivity index (χ2n) is 6.71. The molecule has 4 nitrogen and oxygen atoms in total. The lowest BCUT2D eigenvalue weighted by Crippen LogP contribution is -2.34. The number of allylic oxidation sites excluding steroid dienone is 6. The molecule has 28 heavy (non-hydrogen) atoms. The van der Waals surface area contributed by atoms with E-state index in [4.69, 9.17) is 4.84 Å². The fraction of sp³-hybridized carbons (Fsp3) is 0.125. The van der Waals surface area contributed by atoms with Gasteiger partial charge in [-0.15, -0.1) is 0 Å². The summed E-state index contributed by atoms with van der Waals surface area (Å²) in [6.45, 7) is 0. The first-order valence-corrected chi connectivity index (χ1v) is 9.16. The van der Waals surface area contributed by atoms with E-state index in [1.165, 1.54) is 0 Å². The smallest absolute Gasteiger partial charge is 0.242 e. The molecule has 2 aliphatic rings. The van der Waals surface area contributed by atoms with Gasteiger partial charge in [-0.05, 0) is 5.57 Å². The molecular formula is C24H19NO3. The Morgan fingerprint density at radius 3 is 2.21 bits per heavy atom. The highest BCUT2D eigenvalue weighted by Crippen LogP contribution is 2.33. The van der Waals surface area contributed by atoms with Crippen molar-refractivity contribution < 1.29 is 14.4 Å². The van der Waals surface area contributed by atoms with Crippen LogP contribution in [0.25, 0.3) is 0 Å². The second kappa shape index (κ2) is 7.61. The fourth-order valence-corrected chi connectivity index (χ4v) is 3.52. The van der Waals surface area contributed by atoms with Gasteiger partial charge in [-0.2, -0.15) is 0 Å². The van der Waals surface area contributed by atoms with Crippen LogP contribution in [0.3, 0.4) is 0 Å². The molecule has 0 aromatic heterocycles. The first kappa shape index (κ1) is 17.9. The first-order chi connectivity index (χ1) is 13.7. The number of rotatable bonds is 5. The van der Waals surface area contributed by atoms with Gasteiger partial charge in [0.15, 0.2) is 12.1 Å². The topological polar surface area (TPSA) is 55.7 Å². The van der Waals surface area contributed by atoms with E-state index in [9.17, 15) is 9.59 Å². The van der Waals surface area contributed by atoms with Crippen LogP contribution in [-0.4, -0.2) is 17.8 Å². The van der Waals surface area contributed by atoms with Gasteiger partial charge in [-0.3, -0.25) is 9.59 Å². The van der Waals surface area contributed by atoms with Crippen molar-refractivity contribution in [2.45, 2.75) is 12.0 Å². The molecule has 0 radical (unpaired) electrons. The zero-order valence-electron chi connectivity index (χ0n) is 15.2.